The third-order valence-electron chi connectivity index (χ3n) is 5.33. The maximum absolute atomic E-state index is 11.5. The SMILES string of the molecule is Cc1cnn2c(NCc3ccc[n+]([O-])c3)cc(N3CCCC[C@@H]3CCO)nc12. The van der Waals surface area contributed by atoms with Gasteiger partial charge in [-0.2, -0.15) is 14.3 Å². The number of anilines is 2. The van der Waals surface area contributed by atoms with E-state index in [0.29, 0.717) is 12.6 Å². The Hall–Kier alpha value is -2.87. The van der Waals surface area contributed by atoms with Crippen molar-refractivity contribution in [2.24, 2.45) is 0 Å². The minimum absolute atomic E-state index is 0.184. The molecule has 1 aliphatic rings. The number of nitrogens with one attached hydrogen (secondary N) is 1. The van der Waals surface area contributed by atoms with Gasteiger partial charge in [-0.1, -0.05) is 0 Å². The fraction of sp³-hybridized carbons (Fsp3) is 0.450. The van der Waals surface area contributed by atoms with Crippen LogP contribution in [0.1, 0.15) is 36.8 Å². The van der Waals surface area contributed by atoms with Gasteiger partial charge in [-0.05, 0) is 38.7 Å². The second kappa shape index (κ2) is 8.02. The van der Waals surface area contributed by atoms with Crippen molar-refractivity contribution >= 4 is 17.3 Å². The first-order valence-corrected chi connectivity index (χ1v) is 9.80. The summed E-state index contributed by atoms with van der Waals surface area (Å²) in [6.45, 7) is 3.64. The summed E-state index contributed by atoms with van der Waals surface area (Å²) in [4.78, 5) is 7.18. The molecule has 4 rings (SSSR count). The van der Waals surface area contributed by atoms with E-state index in [1.54, 1.807) is 16.8 Å². The van der Waals surface area contributed by atoms with Crippen LogP contribution in [0.15, 0.2) is 36.8 Å². The minimum Gasteiger partial charge on any atom is -0.619 e. The average Bonchev–Trinajstić information content (AvgIpc) is 3.08. The lowest BCUT2D eigenvalue weighted by Gasteiger charge is -2.36. The van der Waals surface area contributed by atoms with Crippen LogP contribution in [-0.2, 0) is 6.54 Å². The predicted octanol–water partition coefficient (Wildman–Crippen LogP) is 2.02. The van der Waals surface area contributed by atoms with Gasteiger partial charge < -0.3 is 20.5 Å². The number of hydrogen-bond acceptors (Lipinski definition) is 6. The van der Waals surface area contributed by atoms with Crippen LogP contribution in [0.4, 0.5) is 11.6 Å². The topological polar surface area (TPSA) is 92.6 Å². The molecule has 0 unspecified atom stereocenters. The van der Waals surface area contributed by atoms with E-state index < -0.39 is 0 Å². The van der Waals surface area contributed by atoms with E-state index in [2.05, 4.69) is 15.3 Å². The third-order valence-corrected chi connectivity index (χ3v) is 5.33. The van der Waals surface area contributed by atoms with Crippen molar-refractivity contribution in [1.29, 1.82) is 0 Å². The summed E-state index contributed by atoms with van der Waals surface area (Å²) in [5.74, 6) is 1.74. The lowest BCUT2D eigenvalue weighted by atomic mass is 9.99. The van der Waals surface area contributed by atoms with Gasteiger partial charge in [0.2, 0.25) is 0 Å². The van der Waals surface area contributed by atoms with Crippen LogP contribution < -0.4 is 14.9 Å². The summed E-state index contributed by atoms with van der Waals surface area (Å²) in [6, 6.07) is 5.97. The molecule has 1 aliphatic heterocycles. The fourth-order valence-corrected chi connectivity index (χ4v) is 3.88. The average molecular weight is 382 g/mol. The number of pyridine rings is 1. The van der Waals surface area contributed by atoms with Gasteiger partial charge in [0.1, 0.15) is 11.6 Å². The predicted molar refractivity (Wildman–Crippen MR) is 107 cm³/mol. The van der Waals surface area contributed by atoms with Crippen molar-refractivity contribution in [1.82, 2.24) is 14.6 Å². The van der Waals surface area contributed by atoms with Crippen LogP contribution in [0.5, 0.6) is 0 Å². The maximum Gasteiger partial charge on any atom is 0.185 e. The molecule has 8 nitrogen and oxygen atoms in total. The van der Waals surface area contributed by atoms with Gasteiger partial charge in [0, 0.05) is 49.0 Å². The molecule has 3 aromatic rings. The monoisotopic (exact) mass is 382 g/mol. The molecule has 148 valence electrons. The van der Waals surface area contributed by atoms with Gasteiger partial charge in [-0.15, -0.1) is 0 Å². The van der Waals surface area contributed by atoms with Gasteiger partial charge in [0.25, 0.3) is 0 Å². The molecule has 0 aliphatic carbocycles. The van der Waals surface area contributed by atoms with Gasteiger partial charge in [-0.3, -0.25) is 0 Å². The summed E-state index contributed by atoms with van der Waals surface area (Å²) in [5, 5.41) is 28.8. The molecule has 1 saturated heterocycles. The highest BCUT2D eigenvalue weighted by Crippen LogP contribution is 2.28. The lowest BCUT2D eigenvalue weighted by molar-refractivity contribution is -0.605. The van der Waals surface area contributed by atoms with Crippen LogP contribution >= 0.6 is 0 Å². The first-order chi connectivity index (χ1) is 13.7. The Labute approximate surface area is 164 Å². The molecule has 8 heteroatoms. The van der Waals surface area contributed by atoms with Crippen molar-refractivity contribution in [2.75, 3.05) is 23.4 Å². The molecule has 0 radical (unpaired) electrons. The number of nitrogens with zero attached hydrogens (tertiary/aromatic N) is 5. The van der Waals surface area contributed by atoms with E-state index in [1.165, 1.54) is 12.6 Å². The maximum atomic E-state index is 11.5. The molecule has 0 spiro atoms. The number of piperidine rings is 1. The summed E-state index contributed by atoms with van der Waals surface area (Å²) >= 11 is 0. The summed E-state index contributed by atoms with van der Waals surface area (Å²) in [6.07, 6.45) is 8.98. The number of aliphatic hydroxyl groups is 1. The van der Waals surface area contributed by atoms with E-state index in [1.807, 2.05) is 25.3 Å². The number of rotatable bonds is 6. The Kier molecular flexibility index (Phi) is 5.29. The molecule has 1 fully saturated rings. The molecule has 2 N–H and O–H groups in total. The molecular weight excluding hydrogens is 356 g/mol. The van der Waals surface area contributed by atoms with Crippen LogP contribution in [0, 0.1) is 12.1 Å². The Bertz CT molecular complexity index is 955. The van der Waals surface area contributed by atoms with Crippen molar-refractivity contribution in [3.63, 3.8) is 0 Å². The summed E-state index contributed by atoms with van der Waals surface area (Å²) in [5.41, 5.74) is 2.72. The Morgan fingerprint density at radius 2 is 2.29 bits per heavy atom. The Morgan fingerprint density at radius 3 is 3.11 bits per heavy atom. The van der Waals surface area contributed by atoms with Gasteiger partial charge >= 0.3 is 0 Å². The minimum atomic E-state index is 0.184. The first-order valence-electron chi connectivity index (χ1n) is 9.80. The number of fused-ring (bicyclic) bond motifs is 1. The normalized spacial score (nSPS) is 17.2. The molecular formula is C20H26N6O2. The third kappa shape index (κ3) is 3.73. The van der Waals surface area contributed by atoms with Crippen molar-refractivity contribution < 1.29 is 9.84 Å². The van der Waals surface area contributed by atoms with E-state index in [9.17, 15) is 10.3 Å². The number of aliphatic hydroxyl groups excluding tert-OH is 1. The second-order valence-electron chi connectivity index (χ2n) is 7.34. The Morgan fingerprint density at radius 1 is 1.39 bits per heavy atom. The second-order valence-corrected chi connectivity index (χ2v) is 7.34. The van der Waals surface area contributed by atoms with E-state index >= 15 is 0 Å². The molecule has 3 aromatic heterocycles. The molecule has 0 bridgehead atoms. The highest BCUT2D eigenvalue weighted by Gasteiger charge is 2.24. The number of aryl methyl sites for hydroxylation is 1. The molecule has 0 amide bonds. The standard InChI is InChI=1S/C20H26N6O2/c1-15-12-22-26-18(21-13-16-5-4-8-24(28)14-16)11-19(23-20(15)26)25-9-3-2-6-17(25)7-10-27/h4-5,8,11-12,14,17,21,27H,2-3,6-7,9-10,13H2,1H3/t17-/m1/s1. The van der Waals surface area contributed by atoms with Crippen LogP contribution in [0.25, 0.3) is 5.65 Å². The summed E-state index contributed by atoms with van der Waals surface area (Å²) in [7, 11) is 0. The molecule has 0 saturated carbocycles. The zero-order valence-corrected chi connectivity index (χ0v) is 16.1. The van der Waals surface area contributed by atoms with Gasteiger partial charge in [0.15, 0.2) is 18.0 Å². The molecule has 4 heterocycles. The van der Waals surface area contributed by atoms with Gasteiger partial charge in [-0.25, -0.2) is 4.98 Å². The van der Waals surface area contributed by atoms with Crippen LogP contribution in [0.3, 0.4) is 0 Å². The Balaban J connectivity index is 1.67. The zero-order chi connectivity index (χ0) is 19.5. The quantitative estimate of drug-likeness (QED) is 0.501. The smallest absolute Gasteiger partial charge is 0.185 e. The highest BCUT2D eigenvalue weighted by molar-refractivity contribution is 5.61. The number of aromatic nitrogens is 4. The molecule has 0 aromatic carbocycles. The van der Waals surface area contributed by atoms with E-state index in [4.69, 9.17) is 4.98 Å². The summed E-state index contributed by atoms with van der Waals surface area (Å²) < 4.78 is 2.61. The largest absolute Gasteiger partial charge is 0.619 e. The van der Waals surface area contributed by atoms with E-state index in [-0.39, 0.29) is 6.61 Å². The van der Waals surface area contributed by atoms with Crippen molar-refractivity contribution in [2.45, 2.75) is 45.2 Å². The van der Waals surface area contributed by atoms with Crippen LogP contribution in [-0.4, -0.2) is 38.9 Å². The van der Waals surface area contributed by atoms with Crippen LogP contribution in [0.2, 0.25) is 0 Å². The van der Waals surface area contributed by atoms with E-state index in [0.717, 1.165) is 58.9 Å². The highest BCUT2D eigenvalue weighted by atomic mass is 16.5. The van der Waals surface area contributed by atoms with Crippen molar-refractivity contribution in [3.8, 4) is 0 Å². The fourth-order valence-electron chi connectivity index (χ4n) is 3.88. The first kappa shape index (κ1) is 18.5. The lowest BCUT2D eigenvalue weighted by Crippen LogP contribution is -2.40. The molecule has 1 atom stereocenters. The van der Waals surface area contributed by atoms with Crippen molar-refractivity contribution in [3.05, 3.63) is 53.1 Å². The number of hydrogen-bond donors (Lipinski definition) is 2. The van der Waals surface area contributed by atoms with Gasteiger partial charge in [0.05, 0.1) is 6.20 Å². The molecule has 28 heavy (non-hydrogen) atoms. The zero-order valence-electron chi connectivity index (χ0n) is 16.1.